The Morgan fingerprint density at radius 1 is 1.46 bits per heavy atom. The first-order valence-corrected chi connectivity index (χ1v) is 12.0. The molecule has 1 atom stereocenters. The summed E-state index contributed by atoms with van der Waals surface area (Å²) < 4.78 is 26.6. The van der Waals surface area contributed by atoms with E-state index in [1.165, 1.54) is 15.6 Å². The molecule has 1 N–H and O–H groups in total. The van der Waals surface area contributed by atoms with Crippen LogP contribution in [0, 0.1) is 0 Å². The molecule has 0 radical (unpaired) electrons. The van der Waals surface area contributed by atoms with Gasteiger partial charge >= 0.3 is 0 Å². The van der Waals surface area contributed by atoms with Crippen molar-refractivity contribution >= 4 is 63.1 Å². The van der Waals surface area contributed by atoms with Gasteiger partial charge in [0.15, 0.2) is 5.96 Å². The summed E-state index contributed by atoms with van der Waals surface area (Å²) in [7, 11) is -1.78. The second-order valence-corrected chi connectivity index (χ2v) is 10.5. The molecule has 0 amide bonds. The highest BCUT2D eigenvalue weighted by molar-refractivity contribution is 14.0. The summed E-state index contributed by atoms with van der Waals surface area (Å²) in [4.78, 5) is 6.95. The minimum Gasteiger partial charge on any atom is -0.357 e. The van der Waals surface area contributed by atoms with Crippen LogP contribution in [-0.2, 0) is 10.0 Å². The van der Waals surface area contributed by atoms with E-state index in [0.717, 1.165) is 37.8 Å². The summed E-state index contributed by atoms with van der Waals surface area (Å²) in [5.41, 5.74) is 0. The number of likely N-dealkylation sites (N-methyl/N-ethyl adjacent to an activating group) is 1. The molecule has 26 heavy (non-hydrogen) atoms. The Balaban J connectivity index is 0.00000338. The number of nitrogens with zero attached hydrogens (tertiary/aromatic N) is 3. The Bertz CT molecular complexity index is 652. The largest absolute Gasteiger partial charge is 0.357 e. The molecule has 0 saturated carbocycles. The molecule has 1 aromatic heterocycles. The molecular formula is C16H29IN4O2S3. The lowest BCUT2D eigenvalue weighted by Gasteiger charge is -2.34. The topological polar surface area (TPSA) is 65.0 Å². The van der Waals surface area contributed by atoms with E-state index in [2.05, 4.69) is 29.1 Å². The average Bonchev–Trinajstić information content (AvgIpc) is 3.16. The maximum Gasteiger partial charge on any atom is 0.252 e. The molecule has 1 saturated heterocycles. The van der Waals surface area contributed by atoms with Crippen molar-refractivity contribution in [2.45, 2.75) is 29.7 Å². The van der Waals surface area contributed by atoms with Gasteiger partial charge in [-0.1, -0.05) is 13.0 Å². The lowest BCUT2D eigenvalue weighted by molar-refractivity contribution is 0.406. The number of hydrogen-bond donors (Lipinski definition) is 1. The van der Waals surface area contributed by atoms with Crippen molar-refractivity contribution in [1.29, 1.82) is 0 Å². The molecule has 2 rings (SSSR count). The molecule has 0 aliphatic carbocycles. The zero-order valence-corrected chi connectivity index (χ0v) is 20.3. The lowest BCUT2D eigenvalue weighted by Crippen LogP contribution is -2.48. The minimum atomic E-state index is -3.40. The first kappa shape index (κ1) is 24.0. The smallest absolute Gasteiger partial charge is 0.252 e. The van der Waals surface area contributed by atoms with Crippen LogP contribution >= 0.6 is 47.1 Å². The fourth-order valence-corrected chi connectivity index (χ4v) is 6.11. The van der Waals surface area contributed by atoms with Crippen LogP contribution < -0.4 is 5.32 Å². The molecule has 1 aliphatic rings. The van der Waals surface area contributed by atoms with Crippen molar-refractivity contribution < 1.29 is 8.42 Å². The van der Waals surface area contributed by atoms with Crippen LogP contribution in [0.1, 0.15) is 20.3 Å². The Hall–Kier alpha value is -0.0400. The van der Waals surface area contributed by atoms with E-state index < -0.39 is 10.0 Å². The van der Waals surface area contributed by atoms with Crippen LogP contribution in [0.15, 0.2) is 26.7 Å². The zero-order chi connectivity index (χ0) is 18.3. The van der Waals surface area contributed by atoms with E-state index in [9.17, 15) is 8.42 Å². The maximum absolute atomic E-state index is 12.4. The van der Waals surface area contributed by atoms with E-state index >= 15 is 0 Å². The summed E-state index contributed by atoms with van der Waals surface area (Å²) in [6, 6.07) is 3.39. The highest BCUT2D eigenvalue weighted by Crippen LogP contribution is 2.21. The molecule has 0 spiro atoms. The molecule has 0 aromatic carbocycles. The van der Waals surface area contributed by atoms with Gasteiger partial charge in [-0.25, -0.2) is 8.42 Å². The number of hydrogen-bond acceptors (Lipinski definition) is 5. The van der Waals surface area contributed by atoms with Gasteiger partial charge in [-0.3, -0.25) is 4.99 Å². The number of nitrogens with one attached hydrogen (secondary N) is 1. The first-order valence-electron chi connectivity index (χ1n) is 8.63. The normalized spacial score (nSPS) is 18.7. The highest BCUT2D eigenvalue weighted by atomic mass is 127. The Labute approximate surface area is 182 Å². The summed E-state index contributed by atoms with van der Waals surface area (Å²) in [5.74, 6) is 2.00. The van der Waals surface area contributed by atoms with Crippen LogP contribution in [0.25, 0.3) is 0 Å². The highest BCUT2D eigenvalue weighted by Gasteiger charge is 2.23. The molecule has 1 unspecified atom stereocenters. The summed E-state index contributed by atoms with van der Waals surface area (Å²) >= 11 is 3.27. The Morgan fingerprint density at radius 2 is 2.23 bits per heavy atom. The van der Waals surface area contributed by atoms with E-state index in [1.807, 2.05) is 11.8 Å². The number of rotatable bonds is 7. The van der Waals surface area contributed by atoms with Gasteiger partial charge in [0.1, 0.15) is 4.21 Å². The van der Waals surface area contributed by atoms with Gasteiger partial charge < -0.3 is 10.2 Å². The molecule has 6 nitrogen and oxygen atoms in total. The molecule has 1 aromatic rings. The van der Waals surface area contributed by atoms with Crippen molar-refractivity contribution in [3.05, 3.63) is 17.5 Å². The van der Waals surface area contributed by atoms with Gasteiger partial charge in [-0.05, 0) is 24.8 Å². The number of halogens is 1. The molecule has 1 fully saturated rings. The van der Waals surface area contributed by atoms with Gasteiger partial charge in [0, 0.05) is 44.2 Å². The molecular weight excluding hydrogens is 503 g/mol. The molecule has 2 heterocycles. The van der Waals surface area contributed by atoms with Gasteiger partial charge in [-0.2, -0.15) is 16.1 Å². The third-order valence-corrected chi connectivity index (χ3v) is 8.67. The second-order valence-electron chi connectivity index (χ2n) is 5.84. The fraction of sp³-hybridized carbons (Fsp3) is 0.688. The summed E-state index contributed by atoms with van der Waals surface area (Å²) in [6.45, 7) is 7.88. The van der Waals surface area contributed by atoms with Crippen LogP contribution in [-0.4, -0.2) is 74.4 Å². The third kappa shape index (κ3) is 6.54. The average molecular weight is 533 g/mol. The van der Waals surface area contributed by atoms with Crippen LogP contribution in [0.5, 0.6) is 0 Å². The predicted molar refractivity (Wildman–Crippen MR) is 124 cm³/mol. The van der Waals surface area contributed by atoms with E-state index in [0.29, 0.717) is 22.5 Å². The first-order chi connectivity index (χ1) is 12.0. The molecule has 10 heteroatoms. The van der Waals surface area contributed by atoms with Crippen molar-refractivity contribution in [2.75, 3.05) is 45.5 Å². The van der Waals surface area contributed by atoms with Gasteiger partial charge in [-0.15, -0.1) is 35.3 Å². The fourth-order valence-electron chi connectivity index (χ4n) is 2.57. The lowest BCUT2D eigenvalue weighted by atomic mass is 10.3. The van der Waals surface area contributed by atoms with Crippen molar-refractivity contribution in [1.82, 2.24) is 14.5 Å². The van der Waals surface area contributed by atoms with Gasteiger partial charge in [0.25, 0.3) is 10.0 Å². The summed E-state index contributed by atoms with van der Waals surface area (Å²) in [5, 5.41) is 5.75. The maximum atomic E-state index is 12.4. The second kappa shape index (κ2) is 11.7. The third-order valence-electron chi connectivity index (χ3n) is 4.06. The number of thioether (sulfide) groups is 1. The quantitative estimate of drug-likeness (QED) is 0.333. The predicted octanol–water partition coefficient (Wildman–Crippen LogP) is 2.78. The Morgan fingerprint density at radius 3 is 2.85 bits per heavy atom. The number of sulfonamides is 1. The van der Waals surface area contributed by atoms with E-state index in [-0.39, 0.29) is 24.0 Å². The van der Waals surface area contributed by atoms with Crippen LogP contribution in [0.3, 0.4) is 0 Å². The monoisotopic (exact) mass is 532 g/mol. The molecule has 1 aliphatic heterocycles. The van der Waals surface area contributed by atoms with Crippen LogP contribution in [0.4, 0.5) is 0 Å². The van der Waals surface area contributed by atoms with Crippen LogP contribution in [0.2, 0.25) is 0 Å². The summed E-state index contributed by atoms with van der Waals surface area (Å²) in [6.07, 6.45) is 1.16. The van der Waals surface area contributed by atoms with Crippen molar-refractivity contribution in [2.24, 2.45) is 4.99 Å². The van der Waals surface area contributed by atoms with E-state index in [4.69, 9.17) is 0 Å². The number of guanidine groups is 1. The number of aliphatic imine (C=N–C) groups is 1. The number of thiophene rings is 1. The van der Waals surface area contributed by atoms with Crippen molar-refractivity contribution in [3.63, 3.8) is 0 Å². The Kier molecular flexibility index (Phi) is 10.8. The molecule has 150 valence electrons. The SMILES string of the molecule is CCNC(=NCCN(C)S(=O)(=O)c1cccs1)N1CCSC(CC)C1.I. The van der Waals surface area contributed by atoms with E-state index in [1.54, 1.807) is 24.6 Å². The standard InChI is InChI=1S/C16H28N4O2S3.HI/c1-4-14-13-20(10-12-23-14)16(17-5-2)18-8-9-19(3)25(21,22)15-7-6-11-24-15;/h6-7,11,14H,4-5,8-10,12-13H2,1-3H3,(H,17,18);1H. The molecule has 0 bridgehead atoms. The minimum absolute atomic E-state index is 0. The zero-order valence-electron chi connectivity index (χ0n) is 15.6. The van der Waals surface area contributed by atoms with Gasteiger partial charge in [0.2, 0.25) is 0 Å². The van der Waals surface area contributed by atoms with Crippen molar-refractivity contribution in [3.8, 4) is 0 Å². The van der Waals surface area contributed by atoms with Gasteiger partial charge in [0.05, 0.1) is 6.54 Å².